The topological polar surface area (TPSA) is 59.8 Å². The van der Waals surface area contributed by atoms with Crippen LogP contribution in [0.4, 0.5) is 14.5 Å². The number of carbonyl (C=O) groups excluding carboxylic acids is 1. The minimum absolute atomic E-state index is 0.0567. The molecule has 3 aromatic heterocycles. The first-order valence-corrected chi connectivity index (χ1v) is 8.89. The zero-order valence-electron chi connectivity index (χ0n) is 14.5. The van der Waals surface area contributed by atoms with Gasteiger partial charge in [0.05, 0.1) is 5.69 Å². The molecule has 0 spiro atoms. The Kier molecular flexibility index (Phi) is 4.19. The molecule has 8 heteroatoms. The second-order valence-electron chi connectivity index (χ2n) is 6.07. The number of carbonyl (C=O) groups is 1. The highest BCUT2D eigenvalue weighted by molar-refractivity contribution is 7.17. The number of aryl methyl sites for hydroxylation is 2. The number of thiazole rings is 1. The molecule has 3 heterocycles. The van der Waals surface area contributed by atoms with Crippen LogP contribution in [-0.4, -0.2) is 20.4 Å². The number of nitrogens with zero attached hydrogens (tertiary/aromatic N) is 3. The van der Waals surface area contributed by atoms with Gasteiger partial charge in [0.15, 0.2) is 0 Å². The van der Waals surface area contributed by atoms with Gasteiger partial charge >= 0.3 is 0 Å². The Labute approximate surface area is 157 Å². The zero-order valence-corrected chi connectivity index (χ0v) is 15.3. The smallest absolute Gasteiger partial charge is 0.267 e. The molecule has 0 saturated carbocycles. The van der Waals surface area contributed by atoms with Crippen LogP contribution in [0.2, 0.25) is 0 Å². The molecule has 4 aromatic rings. The van der Waals surface area contributed by atoms with E-state index in [0.717, 1.165) is 34.8 Å². The molecule has 1 N–H and O–H groups in total. The van der Waals surface area contributed by atoms with Crippen molar-refractivity contribution in [3.05, 3.63) is 64.9 Å². The van der Waals surface area contributed by atoms with Crippen molar-refractivity contribution in [1.29, 1.82) is 0 Å². The molecule has 0 saturated heterocycles. The van der Waals surface area contributed by atoms with E-state index in [-0.39, 0.29) is 5.69 Å². The van der Waals surface area contributed by atoms with E-state index in [0.29, 0.717) is 15.6 Å². The van der Waals surface area contributed by atoms with Gasteiger partial charge in [0.1, 0.15) is 27.2 Å². The second kappa shape index (κ2) is 6.55. The van der Waals surface area contributed by atoms with Gasteiger partial charge in [0.2, 0.25) is 0 Å². The molecule has 0 radical (unpaired) electrons. The number of fused-ring (bicyclic) bond motifs is 1. The Morgan fingerprint density at radius 2 is 1.96 bits per heavy atom. The third kappa shape index (κ3) is 3.19. The van der Waals surface area contributed by atoms with Gasteiger partial charge in [-0.3, -0.25) is 4.79 Å². The Morgan fingerprint density at radius 1 is 1.22 bits per heavy atom. The lowest BCUT2D eigenvalue weighted by Crippen LogP contribution is -2.11. The van der Waals surface area contributed by atoms with Crippen LogP contribution >= 0.6 is 11.3 Å². The molecule has 136 valence electrons. The fraction of sp³-hybridized carbons (Fsp3) is 0.105. The first kappa shape index (κ1) is 17.3. The Morgan fingerprint density at radius 3 is 2.70 bits per heavy atom. The number of pyridine rings is 1. The summed E-state index contributed by atoms with van der Waals surface area (Å²) in [6, 6.07) is 6.67. The Hall–Kier alpha value is -3.13. The number of halogens is 2. The van der Waals surface area contributed by atoms with Crippen LogP contribution in [0.3, 0.4) is 0 Å². The predicted octanol–water partition coefficient (Wildman–Crippen LogP) is 4.54. The van der Waals surface area contributed by atoms with Crippen molar-refractivity contribution >= 4 is 34.0 Å². The van der Waals surface area contributed by atoms with E-state index in [9.17, 15) is 13.6 Å². The molecule has 1 amide bonds. The van der Waals surface area contributed by atoms with E-state index in [1.165, 1.54) is 11.3 Å². The van der Waals surface area contributed by atoms with Crippen molar-refractivity contribution in [3.63, 3.8) is 0 Å². The molecule has 5 nitrogen and oxygen atoms in total. The molecule has 0 fully saturated rings. The number of aromatic nitrogens is 3. The van der Waals surface area contributed by atoms with Crippen LogP contribution in [0.25, 0.3) is 21.6 Å². The summed E-state index contributed by atoms with van der Waals surface area (Å²) in [5, 5.41) is 4.14. The Bertz CT molecular complexity index is 1160. The van der Waals surface area contributed by atoms with E-state index in [1.807, 2.05) is 29.9 Å². The lowest BCUT2D eigenvalue weighted by Gasteiger charge is -2.04. The first-order chi connectivity index (χ1) is 12.9. The minimum atomic E-state index is -0.754. The van der Waals surface area contributed by atoms with Crippen LogP contribution in [0.1, 0.15) is 15.4 Å². The molecule has 0 bridgehead atoms. The van der Waals surface area contributed by atoms with Crippen LogP contribution in [0, 0.1) is 18.6 Å². The number of hydrogen-bond acceptors (Lipinski definition) is 4. The number of nitrogens with one attached hydrogen (secondary N) is 1. The molecule has 1 aromatic carbocycles. The highest BCUT2D eigenvalue weighted by Gasteiger charge is 2.19. The van der Waals surface area contributed by atoms with Crippen molar-refractivity contribution in [3.8, 4) is 10.6 Å². The molecule has 0 atom stereocenters. The normalized spacial score (nSPS) is 11.1. The highest BCUT2D eigenvalue weighted by Crippen LogP contribution is 2.34. The van der Waals surface area contributed by atoms with Crippen molar-refractivity contribution in [1.82, 2.24) is 14.5 Å². The molecule has 4 rings (SSSR count). The van der Waals surface area contributed by atoms with E-state index >= 15 is 0 Å². The highest BCUT2D eigenvalue weighted by atomic mass is 32.1. The minimum Gasteiger partial charge on any atom is -0.335 e. The van der Waals surface area contributed by atoms with Crippen LogP contribution in [0.5, 0.6) is 0 Å². The maximum absolute atomic E-state index is 13.3. The third-order valence-corrected chi connectivity index (χ3v) is 5.28. The van der Waals surface area contributed by atoms with E-state index < -0.39 is 17.5 Å². The van der Waals surface area contributed by atoms with E-state index in [4.69, 9.17) is 0 Å². The van der Waals surface area contributed by atoms with Crippen molar-refractivity contribution in [2.75, 3.05) is 5.32 Å². The van der Waals surface area contributed by atoms with Gasteiger partial charge < -0.3 is 9.88 Å². The van der Waals surface area contributed by atoms with Crippen molar-refractivity contribution in [2.24, 2.45) is 7.05 Å². The summed E-state index contributed by atoms with van der Waals surface area (Å²) >= 11 is 1.22. The van der Waals surface area contributed by atoms with Gasteiger partial charge in [0.25, 0.3) is 5.91 Å². The maximum atomic E-state index is 13.3. The van der Waals surface area contributed by atoms with Crippen LogP contribution in [-0.2, 0) is 7.05 Å². The fourth-order valence-electron chi connectivity index (χ4n) is 2.92. The molecule has 0 aliphatic rings. The monoisotopic (exact) mass is 384 g/mol. The number of amides is 1. The lowest BCUT2D eigenvalue weighted by atomic mass is 10.2. The SMILES string of the molecule is Cc1nc(-c2cn(C)c3ncccc23)sc1C(=O)Nc1cc(F)cc(F)c1. The average Bonchev–Trinajstić information content (AvgIpc) is 3.15. The Balaban J connectivity index is 1.69. The summed E-state index contributed by atoms with van der Waals surface area (Å²) in [6.07, 6.45) is 3.63. The summed E-state index contributed by atoms with van der Waals surface area (Å²) in [7, 11) is 1.89. The van der Waals surface area contributed by atoms with Gasteiger partial charge in [-0.2, -0.15) is 0 Å². The molecular weight excluding hydrogens is 370 g/mol. The van der Waals surface area contributed by atoms with Crippen molar-refractivity contribution < 1.29 is 13.6 Å². The molecule has 0 aliphatic heterocycles. The molecular formula is C19H14F2N4OS. The number of anilines is 1. The first-order valence-electron chi connectivity index (χ1n) is 8.07. The number of hydrogen-bond donors (Lipinski definition) is 1. The van der Waals surface area contributed by atoms with Crippen LogP contribution in [0.15, 0.2) is 42.7 Å². The van der Waals surface area contributed by atoms with Gasteiger partial charge in [0, 0.05) is 42.1 Å². The zero-order chi connectivity index (χ0) is 19.1. The molecule has 0 unspecified atom stereocenters. The summed E-state index contributed by atoms with van der Waals surface area (Å²) in [5.74, 6) is -1.97. The number of benzene rings is 1. The van der Waals surface area contributed by atoms with Crippen molar-refractivity contribution in [2.45, 2.75) is 6.92 Å². The standard InChI is InChI=1S/C19H14F2N4OS/c1-10-16(18(26)24-13-7-11(20)6-12(21)8-13)27-19(23-10)15-9-25(2)17-14(15)4-3-5-22-17/h3-9H,1-2H3,(H,24,26). The summed E-state index contributed by atoms with van der Waals surface area (Å²) < 4.78 is 28.6. The maximum Gasteiger partial charge on any atom is 0.267 e. The largest absolute Gasteiger partial charge is 0.335 e. The predicted molar refractivity (Wildman–Crippen MR) is 101 cm³/mol. The summed E-state index contributed by atoms with van der Waals surface area (Å²) in [4.78, 5) is 21.8. The quantitative estimate of drug-likeness (QED) is 0.564. The van der Waals surface area contributed by atoms with Gasteiger partial charge in [-0.15, -0.1) is 11.3 Å². The van der Waals surface area contributed by atoms with Gasteiger partial charge in [-0.05, 0) is 31.2 Å². The second-order valence-corrected chi connectivity index (χ2v) is 7.07. The fourth-order valence-corrected chi connectivity index (χ4v) is 3.90. The van der Waals surface area contributed by atoms with Gasteiger partial charge in [-0.1, -0.05) is 0 Å². The molecule has 27 heavy (non-hydrogen) atoms. The van der Waals surface area contributed by atoms with E-state index in [2.05, 4.69) is 15.3 Å². The third-order valence-electron chi connectivity index (χ3n) is 4.09. The average molecular weight is 384 g/mol. The van der Waals surface area contributed by atoms with E-state index in [1.54, 1.807) is 13.1 Å². The molecule has 0 aliphatic carbocycles. The number of rotatable bonds is 3. The summed E-state index contributed by atoms with van der Waals surface area (Å²) in [6.45, 7) is 1.73. The van der Waals surface area contributed by atoms with Gasteiger partial charge in [-0.25, -0.2) is 18.7 Å². The van der Waals surface area contributed by atoms with Crippen LogP contribution < -0.4 is 5.32 Å². The lowest BCUT2D eigenvalue weighted by molar-refractivity contribution is 0.103. The summed E-state index contributed by atoms with van der Waals surface area (Å²) in [5.41, 5.74) is 2.30.